The van der Waals surface area contributed by atoms with Crippen molar-refractivity contribution < 1.29 is 4.79 Å². The summed E-state index contributed by atoms with van der Waals surface area (Å²) in [6, 6.07) is 13.2. The summed E-state index contributed by atoms with van der Waals surface area (Å²) in [5.74, 6) is -0.0378. The minimum absolute atomic E-state index is 0.0378. The van der Waals surface area contributed by atoms with Gasteiger partial charge in [-0.25, -0.2) is 0 Å². The molecule has 0 unspecified atom stereocenters. The van der Waals surface area contributed by atoms with Gasteiger partial charge in [0.1, 0.15) is 0 Å². The van der Waals surface area contributed by atoms with E-state index in [2.05, 4.69) is 15.0 Å². The normalized spacial score (nSPS) is 10.4. The summed E-state index contributed by atoms with van der Waals surface area (Å²) in [4.78, 5) is 26.8. The molecule has 1 amide bonds. The third kappa shape index (κ3) is 3.81. The van der Waals surface area contributed by atoms with E-state index in [1.54, 1.807) is 42.8 Å². The van der Waals surface area contributed by atoms with E-state index in [1.807, 2.05) is 36.4 Å². The van der Waals surface area contributed by atoms with Crippen molar-refractivity contribution in [3.05, 3.63) is 78.4 Å². The molecular weight excluding hydrogens is 300 g/mol. The summed E-state index contributed by atoms with van der Waals surface area (Å²) < 4.78 is 0. The second-order valence-corrected chi connectivity index (χ2v) is 5.48. The number of rotatable bonds is 5. The van der Waals surface area contributed by atoms with Crippen molar-refractivity contribution in [3.8, 4) is 11.4 Å². The summed E-state index contributed by atoms with van der Waals surface area (Å²) >= 11 is 0. The number of carbonyl (C=O) groups is 1. The number of amides is 1. The molecule has 0 saturated carbocycles. The Hall–Kier alpha value is -3.08. The van der Waals surface area contributed by atoms with Crippen molar-refractivity contribution in [2.24, 2.45) is 0 Å². The standard InChI is InChI=1S/C19H18N4O/c1-23(13-9-15-7-11-20-12-8-15)19(24)16-5-6-18(22-14-16)17-4-2-3-10-21-17/h2-8,10-12,14H,9,13H2,1H3. The number of hydrogen-bond donors (Lipinski definition) is 0. The first-order valence-electron chi connectivity index (χ1n) is 7.76. The minimum atomic E-state index is -0.0378. The molecule has 0 fully saturated rings. The van der Waals surface area contributed by atoms with Crippen LogP contribution in [0.3, 0.4) is 0 Å². The molecule has 0 spiro atoms. The van der Waals surface area contributed by atoms with Gasteiger partial charge in [0, 0.05) is 38.4 Å². The van der Waals surface area contributed by atoms with Crippen molar-refractivity contribution in [1.29, 1.82) is 0 Å². The lowest BCUT2D eigenvalue weighted by Crippen LogP contribution is -2.28. The SMILES string of the molecule is CN(CCc1ccncc1)C(=O)c1ccc(-c2ccccn2)nc1. The predicted octanol–water partition coefficient (Wildman–Crippen LogP) is 2.85. The lowest BCUT2D eigenvalue weighted by atomic mass is 10.1. The zero-order valence-corrected chi connectivity index (χ0v) is 13.5. The molecule has 3 rings (SSSR count). The molecule has 5 nitrogen and oxygen atoms in total. The Labute approximate surface area is 141 Å². The molecule has 5 heteroatoms. The summed E-state index contributed by atoms with van der Waals surface area (Å²) in [7, 11) is 1.80. The van der Waals surface area contributed by atoms with Gasteiger partial charge in [-0.1, -0.05) is 6.07 Å². The van der Waals surface area contributed by atoms with Gasteiger partial charge in [-0.15, -0.1) is 0 Å². The number of pyridine rings is 3. The summed E-state index contributed by atoms with van der Waals surface area (Å²) in [5, 5.41) is 0. The van der Waals surface area contributed by atoms with Crippen LogP contribution in [0.15, 0.2) is 67.3 Å². The highest BCUT2D eigenvalue weighted by Gasteiger charge is 2.12. The number of nitrogens with zero attached hydrogens (tertiary/aromatic N) is 4. The van der Waals surface area contributed by atoms with E-state index >= 15 is 0 Å². The zero-order valence-electron chi connectivity index (χ0n) is 13.5. The maximum absolute atomic E-state index is 12.5. The van der Waals surface area contributed by atoms with Gasteiger partial charge in [-0.2, -0.15) is 0 Å². The maximum Gasteiger partial charge on any atom is 0.255 e. The number of carbonyl (C=O) groups excluding carboxylic acids is 1. The fraction of sp³-hybridized carbons (Fsp3) is 0.158. The number of likely N-dealkylation sites (N-methyl/N-ethyl adjacent to an activating group) is 1. The van der Waals surface area contributed by atoms with Gasteiger partial charge in [0.15, 0.2) is 0 Å². The van der Waals surface area contributed by atoms with Crippen LogP contribution in [-0.4, -0.2) is 39.4 Å². The van der Waals surface area contributed by atoms with Gasteiger partial charge < -0.3 is 4.90 Å². The van der Waals surface area contributed by atoms with E-state index in [9.17, 15) is 4.79 Å². The average Bonchev–Trinajstić information content (AvgIpc) is 2.67. The molecule has 24 heavy (non-hydrogen) atoms. The summed E-state index contributed by atoms with van der Waals surface area (Å²) in [5.41, 5.74) is 3.29. The van der Waals surface area contributed by atoms with E-state index in [0.717, 1.165) is 23.4 Å². The highest BCUT2D eigenvalue weighted by atomic mass is 16.2. The lowest BCUT2D eigenvalue weighted by Gasteiger charge is -2.17. The van der Waals surface area contributed by atoms with E-state index in [1.165, 1.54) is 0 Å². The monoisotopic (exact) mass is 318 g/mol. The van der Waals surface area contributed by atoms with Gasteiger partial charge in [-0.3, -0.25) is 19.7 Å². The molecule has 0 N–H and O–H groups in total. The predicted molar refractivity (Wildman–Crippen MR) is 92.4 cm³/mol. The Morgan fingerprint density at radius 3 is 2.42 bits per heavy atom. The van der Waals surface area contributed by atoms with Crippen LogP contribution in [0.2, 0.25) is 0 Å². The van der Waals surface area contributed by atoms with Crippen LogP contribution < -0.4 is 0 Å². The second-order valence-electron chi connectivity index (χ2n) is 5.48. The smallest absolute Gasteiger partial charge is 0.255 e. The summed E-state index contributed by atoms with van der Waals surface area (Å²) in [6.45, 7) is 0.644. The van der Waals surface area contributed by atoms with Gasteiger partial charge in [0.05, 0.1) is 17.0 Å². The number of hydrogen-bond acceptors (Lipinski definition) is 4. The second kappa shape index (κ2) is 7.46. The highest BCUT2D eigenvalue weighted by molar-refractivity contribution is 5.94. The van der Waals surface area contributed by atoms with E-state index < -0.39 is 0 Å². The highest BCUT2D eigenvalue weighted by Crippen LogP contribution is 2.14. The fourth-order valence-corrected chi connectivity index (χ4v) is 2.35. The Kier molecular flexibility index (Phi) is 4.91. The van der Waals surface area contributed by atoms with Crippen molar-refractivity contribution in [2.75, 3.05) is 13.6 Å². The van der Waals surface area contributed by atoms with Crippen LogP contribution in [0.25, 0.3) is 11.4 Å². The van der Waals surface area contributed by atoms with E-state index in [4.69, 9.17) is 0 Å². The Balaban J connectivity index is 1.64. The fourth-order valence-electron chi connectivity index (χ4n) is 2.35. The molecule has 3 aromatic heterocycles. The Morgan fingerprint density at radius 1 is 0.958 bits per heavy atom. The van der Waals surface area contributed by atoms with Gasteiger partial charge in [0.2, 0.25) is 0 Å². The third-order valence-corrected chi connectivity index (χ3v) is 3.77. The third-order valence-electron chi connectivity index (χ3n) is 3.77. The summed E-state index contributed by atoms with van der Waals surface area (Å²) in [6.07, 6.45) is 7.65. The first-order valence-corrected chi connectivity index (χ1v) is 7.76. The van der Waals surface area contributed by atoms with Crippen molar-refractivity contribution in [2.45, 2.75) is 6.42 Å². The molecule has 0 aliphatic heterocycles. The maximum atomic E-state index is 12.5. The van der Waals surface area contributed by atoms with Crippen molar-refractivity contribution in [3.63, 3.8) is 0 Å². The van der Waals surface area contributed by atoms with Crippen LogP contribution in [0, 0.1) is 0 Å². The zero-order chi connectivity index (χ0) is 16.8. The van der Waals surface area contributed by atoms with Crippen LogP contribution in [0.4, 0.5) is 0 Å². The lowest BCUT2D eigenvalue weighted by molar-refractivity contribution is 0.0796. The van der Waals surface area contributed by atoms with Crippen LogP contribution >= 0.6 is 0 Å². The minimum Gasteiger partial charge on any atom is -0.341 e. The first kappa shape index (κ1) is 15.8. The molecule has 0 bridgehead atoms. The van der Waals surface area contributed by atoms with Crippen LogP contribution in [0.5, 0.6) is 0 Å². The Morgan fingerprint density at radius 2 is 1.75 bits per heavy atom. The molecular formula is C19H18N4O. The van der Waals surface area contributed by atoms with Gasteiger partial charge in [0.25, 0.3) is 5.91 Å². The molecule has 0 aliphatic rings. The van der Waals surface area contributed by atoms with Gasteiger partial charge >= 0.3 is 0 Å². The quantitative estimate of drug-likeness (QED) is 0.726. The average molecular weight is 318 g/mol. The molecule has 0 aromatic carbocycles. The van der Waals surface area contributed by atoms with Crippen molar-refractivity contribution in [1.82, 2.24) is 19.9 Å². The Bertz CT molecular complexity index is 789. The molecule has 0 aliphatic carbocycles. The molecule has 120 valence electrons. The topological polar surface area (TPSA) is 59.0 Å². The van der Waals surface area contributed by atoms with Crippen LogP contribution in [0.1, 0.15) is 15.9 Å². The first-order chi connectivity index (χ1) is 11.7. The van der Waals surface area contributed by atoms with Crippen LogP contribution in [-0.2, 0) is 6.42 Å². The molecule has 0 radical (unpaired) electrons. The number of aromatic nitrogens is 3. The molecule has 0 saturated heterocycles. The largest absolute Gasteiger partial charge is 0.341 e. The van der Waals surface area contributed by atoms with E-state index in [-0.39, 0.29) is 5.91 Å². The molecule has 0 atom stereocenters. The molecule has 3 aromatic rings. The van der Waals surface area contributed by atoms with E-state index in [0.29, 0.717) is 12.1 Å². The molecule has 3 heterocycles. The van der Waals surface area contributed by atoms with Gasteiger partial charge in [-0.05, 0) is 48.4 Å². The van der Waals surface area contributed by atoms with Crippen molar-refractivity contribution >= 4 is 5.91 Å².